The fraction of sp³-hybridized carbons (Fsp3) is 0.364. The van der Waals surface area contributed by atoms with Crippen molar-refractivity contribution in [1.29, 1.82) is 0 Å². The van der Waals surface area contributed by atoms with Gasteiger partial charge in [0.25, 0.3) is 0 Å². The van der Waals surface area contributed by atoms with Crippen LogP contribution in [0.15, 0.2) is 42.5 Å². The minimum atomic E-state index is -0.144. The highest BCUT2D eigenvalue weighted by molar-refractivity contribution is 8.00. The highest BCUT2D eigenvalue weighted by atomic mass is 32.2. The van der Waals surface area contributed by atoms with Gasteiger partial charge in [-0.1, -0.05) is 49.7 Å². The number of amides is 2. The van der Waals surface area contributed by atoms with Gasteiger partial charge in [-0.3, -0.25) is 14.5 Å². The summed E-state index contributed by atoms with van der Waals surface area (Å²) in [6.07, 6.45) is 0.478. The molecule has 0 spiro atoms. The zero-order chi connectivity index (χ0) is 19.6. The van der Waals surface area contributed by atoms with Crippen LogP contribution in [-0.4, -0.2) is 17.6 Å². The summed E-state index contributed by atoms with van der Waals surface area (Å²) in [7, 11) is 0. The van der Waals surface area contributed by atoms with Crippen molar-refractivity contribution in [1.82, 2.24) is 0 Å². The maximum Gasteiger partial charge on any atom is 0.238 e. The van der Waals surface area contributed by atoms with Crippen LogP contribution in [0.3, 0.4) is 0 Å². The van der Waals surface area contributed by atoms with Crippen molar-refractivity contribution in [3.8, 4) is 0 Å². The monoisotopic (exact) mass is 382 g/mol. The summed E-state index contributed by atoms with van der Waals surface area (Å²) in [5, 5.41) is 2.90. The number of para-hydroxylation sites is 1. The molecule has 0 aliphatic carbocycles. The van der Waals surface area contributed by atoms with Crippen LogP contribution in [0.4, 0.5) is 11.4 Å². The van der Waals surface area contributed by atoms with Gasteiger partial charge in [0.2, 0.25) is 11.8 Å². The molecule has 1 heterocycles. The first-order chi connectivity index (χ1) is 12.9. The lowest BCUT2D eigenvalue weighted by Gasteiger charge is -2.27. The molecule has 2 aromatic rings. The molecule has 0 saturated carbocycles. The molecule has 3 rings (SSSR count). The van der Waals surface area contributed by atoms with Gasteiger partial charge in [0, 0.05) is 23.4 Å². The van der Waals surface area contributed by atoms with E-state index in [0.717, 1.165) is 22.5 Å². The molecule has 0 aromatic heterocycles. The Bertz CT molecular complexity index is 863. The highest BCUT2D eigenvalue weighted by Gasteiger charge is 2.36. The van der Waals surface area contributed by atoms with Crippen LogP contribution >= 0.6 is 11.8 Å². The van der Waals surface area contributed by atoms with Crippen molar-refractivity contribution < 1.29 is 9.59 Å². The molecule has 2 amide bonds. The Balaban J connectivity index is 1.95. The van der Waals surface area contributed by atoms with Gasteiger partial charge in [-0.25, -0.2) is 0 Å². The average Bonchev–Trinajstić information content (AvgIpc) is 2.96. The lowest BCUT2D eigenvalue weighted by molar-refractivity contribution is -0.117. The molecular weight excluding hydrogens is 356 g/mol. The van der Waals surface area contributed by atoms with E-state index in [1.807, 2.05) is 69.0 Å². The number of hydrogen-bond acceptors (Lipinski definition) is 3. The number of thioether (sulfide) groups is 1. The van der Waals surface area contributed by atoms with E-state index in [0.29, 0.717) is 18.1 Å². The second-order valence-electron chi connectivity index (χ2n) is 7.45. The maximum atomic E-state index is 12.7. The molecule has 0 bridgehead atoms. The Morgan fingerprint density at radius 2 is 1.96 bits per heavy atom. The number of nitrogens with one attached hydrogen (secondary N) is 1. The smallest absolute Gasteiger partial charge is 0.238 e. The normalized spacial score (nSPS) is 16.9. The number of aryl methyl sites for hydroxylation is 2. The summed E-state index contributed by atoms with van der Waals surface area (Å²) >= 11 is 1.60. The number of nitrogens with zero attached hydrogens (tertiary/aromatic N) is 1. The van der Waals surface area contributed by atoms with Crippen LogP contribution in [0.1, 0.15) is 42.3 Å². The Labute approximate surface area is 165 Å². The molecule has 0 radical (unpaired) electrons. The highest BCUT2D eigenvalue weighted by Crippen LogP contribution is 2.45. The minimum Gasteiger partial charge on any atom is -0.326 e. The second kappa shape index (κ2) is 8.17. The van der Waals surface area contributed by atoms with Gasteiger partial charge in [-0.2, -0.15) is 0 Å². The van der Waals surface area contributed by atoms with Gasteiger partial charge in [0.05, 0.1) is 5.75 Å². The molecule has 27 heavy (non-hydrogen) atoms. The third-order valence-corrected chi connectivity index (χ3v) is 5.77. The van der Waals surface area contributed by atoms with E-state index < -0.39 is 0 Å². The van der Waals surface area contributed by atoms with Crippen molar-refractivity contribution in [3.05, 3.63) is 59.2 Å². The van der Waals surface area contributed by atoms with Gasteiger partial charge in [0.15, 0.2) is 0 Å². The van der Waals surface area contributed by atoms with E-state index >= 15 is 0 Å². The fourth-order valence-corrected chi connectivity index (χ4v) is 4.59. The molecule has 1 saturated heterocycles. The fourth-order valence-electron chi connectivity index (χ4n) is 3.39. The molecule has 1 N–H and O–H groups in total. The van der Waals surface area contributed by atoms with Crippen LogP contribution in [0, 0.1) is 19.8 Å². The Morgan fingerprint density at radius 3 is 2.67 bits per heavy atom. The summed E-state index contributed by atoms with van der Waals surface area (Å²) in [5.74, 6) is 0.836. The molecule has 1 fully saturated rings. The molecule has 2 aromatic carbocycles. The molecule has 1 aliphatic heterocycles. The SMILES string of the molecule is Cc1ccc(N2C(=O)CSC2c2ccccc2NC(=O)CC(C)C)c(C)c1. The predicted molar refractivity (Wildman–Crippen MR) is 113 cm³/mol. The molecule has 5 heteroatoms. The van der Waals surface area contributed by atoms with E-state index in [1.165, 1.54) is 5.56 Å². The standard InChI is InChI=1S/C22H26N2O2S/c1-14(2)11-20(25)23-18-8-6-5-7-17(18)22-24(21(26)13-27-22)19-10-9-15(3)12-16(19)4/h5-10,12,14,22H,11,13H2,1-4H3,(H,23,25). The molecule has 4 nitrogen and oxygen atoms in total. The van der Waals surface area contributed by atoms with Gasteiger partial charge in [0.1, 0.15) is 5.37 Å². The first-order valence-corrected chi connectivity index (χ1v) is 10.3. The van der Waals surface area contributed by atoms with Gasteiger partial charge >= 0.3 is 0 Å². The van der Waals surface area contributed by atoms with Crippen molar-refractivity contribution in [2.24, 2.45) is 5.92 Å². The molecule has 1 aliphatic rings. The number of rotatable bonds is 5. The summed E-state index contributed by atoms with van der Waals surface area (Å²) < 4.78 is 0. The summed E-state index contributed by atoms with van der Waals surface area (Å²) in [4.78, 5) is 26.9. The first-order valence-electron chi connectivity index (χ1n) is 9.26. The van der Waals surface area contributed by atoms with Crippen molar-refractivity contribution in [3.63, 3.8) is 0 Å². The number of carbonyl (C=O) groups excluding carboxylic acids is 2. The van der Waals surface area contributed by atoms with Crippen LogP contribution in [0.25, 0.3) is 0 Å². The molecule has 1 unspecified atom stereocenters. The lowest BCUT2D eigenvalue weighted by Crippen LogP contribution is -2.29. The quantitative estimate of drug-likeness (QED) is 0.786. The van der Waals surface area contributed by atoms with Crippen molar-refractivity contribution in [2.45, 2.75) is 39.5 Å². The zero-order valence-corrected chi connectivity index (χ0v) is 17.1. The van der Waals surface area contributed by atoms with E-state index in [1.54, 1.807) is 11.8 Å². The maximum absolute atomic E-state index is 12.7. The van der Waals surface area contributed by atoms with Crippen LogP contribution < -0.4 is 10.2 Å². The minimum absolute atomic E-state index is 0.00448. The number of carbonyl (C=O) groups is 2. The zero-order valence-electron chi connectivity index (χ0n) is 16.3. The lowest BCUT2D eigenvalue weighted by atomic mass is 10.1. The number of hydrogen-bond donors (Lipinski definition) is 1. The Morgan fingerprint density at radius 1 is 1.22 bits per heavy atom. The predicted octanol–water partition coefficient (Wildman–Crippen LogP) is 5.07. The Hall–Kier alpha value is -2.27. The van der Waals surface area contributed by atoms with Gasteiger partial charge in [-0.05, 0) is 37.5 Å². The summed E-state index contributed by atoms with van der Waals surface area (Å²) in [6.45, 7) is 8.14. The van der Waals surface area contributed by atoms with Gasteiger partial charge in [-0.15, -0.1) is 11.8 Å². The molecule has 142 valence electrons. The number of benzene rings is 2. The first kappa shape index (κ1) is 19.5. The summed E-state index contributed by atoms with van der Waals surface area (Å²) in [5.41, 5.74) is 4.94. The van der Waals surface area contributed by atoms with Crippen molar-refractivity contribution >= 4 is 35.0 Å². The summed E-state index contributed by atoms with van der Waals surface area (Å²) in [6, 6.07) is 13.9. The van der Waals surface area contributed by atoms with E-state index in [-0.39, 0.29) is 17.2 Å². The van der Waals surface area contributed by atoms with E-state index in [4.69, 9.17) is 0 Å². The largest absolute Gasteiger partial charge is 0.326 e. The van der Waals surface area contributed by atoms with Crippen LogP contribution in [0.2, 0.25) is 0 Å². The molecular formula is C22H26N2O2S. The second-order valence-corrected chi connectivity index (χ2v) is 8.52. The molecule has 1 atom stereocenters. The Kier molecular flexibility index (Phi) is 5.90. The average molecular weight is 383 g/mol. The number of anilines is 2. The van der Waals surface area contributed by atoms with Crippen LogP contribution in [-0.2, 0) is 9.59 Å². The van der Waals surface area contributed by atoms with E-state index in [2.05, 4.69) is 11.4 Å². The topological polar surface area (TPSA) is 49.4 Å². The third-order valence-electron chi connectivity index (χ3n) is 4.57. The van der Waals surface area contributed by atoms with Crippen LogP contribution in [0.5, 0.6) is 0 Å². The third kappa shape index (κ3) is 4.35. The van der Waals surface area contributed by atoms with Crippen molar-refractivity contribution in [2.75, 3.05) is 16.0 Å². The van der Waals surface area contributed by atoms with E-state index in [9.17, 15) is 9.59 Å². The van der Waals surface area contributed by atoms with Gasteiger partial charge < -0.3 is 5.32 Å².